The third-order valence-corrected chi connectivity index (χ3v) is 2.08. The average Bonchev–Trinajstić information content (AvgIpc) is 1.86. The zero-order chi connectivity index (χ0) is 8.48. The molecule has 2 heteroatoms. The standard InChI is InChI=1S/C9H15NO/c1-9(2,3)7-5-4-6-10-8(7)11/h4,6-7H,5H2,1-3H3,(H,10,11). The quantitative estimate of drug-likeness (QED) is 0.563. The van der Waals surface area contributed by atoms with E-state index in [-0.39, 0.29) is 17.2 Å². The van der Waals surface area contributed by atoms with E-state index in [1.807, 2.05) is 6.08 Å². The van der Waals surface area contributed by atoms with Crippen LogP contribution in [0.1, 0.15) is 27.2 Å². The van der Waals surface area contributed by atoms with E-state index in [1.54, 1.807) is 6.20 Å². The van der Waals surface area contributed by atoms with Crippen molar-refractivity contribution in [3.8, 4) is 0 Å². The van der Waals surface area contributed by atoms with Crippen LogP contribution in [-0.4, -0.2) is 5.91 Å². The molecule has 0 saturated carbocycles. The van der Waals surface area contributed by atoms with Crippen LogP contribution in [-0.2, 0) is 4.79 Å². The number of amides is 1. The van der Waals surface area contributed by atoms with Crippen LogP contribution in [0.25, 0.3) is 0 Å². The van der Waals surface area contributed by atoms with Gasteiger partial charge in [0.25, 0.3) is 0 Å². The number of hydrogen-bond acceptors (Lipinski definition) is 1. The van der Waals surface area contributed by atoms with Crippen LogP contribution in [0.3, 0.4) is 0 Å². The smallest absolute Gasteiger partial charge is 0.227 e. The fourth-order valence-electron chi connectivity index (χ4n) is 1.30. The zero-order valence-electron chi connectivity index (χ0n) is 7.35. The molecule has 62 valence electrons. The maximum Gasteiger partial charge on any atom is 0.227 e. The van der Waals surface area contributed by atoms with E-state index < -0.39 is 0 Å². The number of rotatable bonds is 0. The molecule has 0 spiro atoms. The first-order valence-electron chi connectivity index (χ1n) is 3.97. The highest BCUT2D eigenvalue weighted by Gasteiger charge is 2.30. The van der Waals surface area contributed by atoms with Gasteiger partial charge in [0.15, 0.2) is 0 Å². The first-order chi connectivity index (χ1) is 5.02. The summed E-state index contributed by atoms with van der Waals surface area (Å²) in [6, 6.07) is 0. The van der Waals surface area contributed by atoms with E-state index >= 15 is 0 Å². The highest BCUT2D eigenvalue weighted by molar-refractivity contribution is 5.81. The van der Waals surface area contributed by atoms with Gasteiger partial charge in [-0.25, -0.2) is 0 Å². The highest BCUT2D eigenvalue weighted by atomic mass is 16.1. The molecule has 0 aromatic carbocycles. The molecule has 1 atom stereocenters. The summed E-state index contributed by atoms with van der Waals surface area (Å²) in [5.74, 6) is 0.285. The Morgan fingerprint density at radius 1 is 1.55 bits per heavy atom. The molecule has 1 unspecified atom stereocenters. The van der Waals surface area contributed by atoms with Gasteiger partial charge in [-0.3, -0.25) is 4.79 Å². The van der Waals surface area contributed by atoms with Gasteiger partial charge in [0.05, 0.1) is 0 Å². The van der Waals surface area contributed by atoms with Crippen molar-refractivity contribution >= 4 is 5.91 Å². The minimum absolute atomic E-state index is 0.0782. The minimum Gasteiger partial charge on any atom is -0.333 e. The van der Waals surface area contributed by atoms with Crippen molar-refractivity contribution < 1.29 is 4.79 Å². The van der Waals surface area contributed by atoms with Crippen LogP contribution in [0.5, 0.6) is 0 Å². The van der Waals surface area contributed by atoms with E-state index in [0.717, 1.165) is 6.42 Å². The lowest BCUT2D eigenvalue weighted by Crippen LogP contribution is -2.37. The van der Waals surface area contributed by atoms with E-state index in [9.17, 15) is 4.79 Å². The molecule has 2 nitrogen and oxygen atoms in total. The molecule has 1 aliphatic rings. The highest BCUT2D eigenvalue weighted by Crippen LogP contribution is 2.30. The van der Waals surface area contributed by atoms with Gasteiger partial charge < -0.3 is 5.32 Å². The fraction of sp³-hybridized carbons (Fsp3) is 0.667. The molecular weight excluding hydrogens is 138 g/mol. The molecule has 1 heterocycles. The Kier molecular flexibility index (Phi) is 2.03. The largest absolute Gasteiger partial charge is 0.333 e. The van der Waals surface area contributed by atoms with Gasteiger partial charge in [0, 0.05) is 5.92 Å². The Morgan fingerprint density at radius 2 is 2.18 bits per heavy atom. The molecule has 0 aromatic rings. The van der Waals surface area contributed by atoms with Gasteiger partial charge in [-0.15, -0.1) is 0 Å². The van der Waals surface area contributed by atoms with Gasteiger partial charge in [-0.05, 0) is 18.0 Å². The SMILES string of the molecule is CC(C)(C)C1CC=CNC1=O. The van der Waals surface area contributed by atoms with Gasteiger partial charge in [-0.2, -0.15) is 0 Å². The van der Waals surface area contributed by atoms with Crippen molar-refractivity contribution in [3.05, 3.63) is 12.3 Å². The summed E-state index contributed by atoms with van der Waals surface area (Å²) in [7, 11) is 0. The number of carbonyl (C=O) groups excluding carboxylic acids is 1. The summed E-state index contributed by atoms with van der Waals surface area (Å²) >= 11 is 0. The van der Waals surface area contributed by atoms with E-state index in [0.29, 0.717) is 0 Å². The van der Waals surface area contributed by atoms with Crippen LogP contribution in [0.15, 0.2) is 12.3 Å². The first-order valence-corrected chi connectivity index (χ1v) is 3.97. The molecule has 0 aromatic heterocycles. The van der Waals surface area contributed by atoms with Gasteiger partial charge in [-0.1, -0.05) is 26.8 Å². The molecule has 0 radical (unpaired) electrons. The second kappa shape index (κ2) is 2.68. The van der Waals surface area contributed by atoms with Gasteiger partial charge in [0.1, 0.15) is 0 Å². The van der Waals surface area contributed by atoms with Gasteiger partial charge in [0.2, 0.25) is 5.91 Å². The summed E-state index contributed by atoms with van der Waals surface area (Å²) in [6.07, 6.45) is 4.61. The minimum atomic E-state index is 0.0782. The molecule has 1 N–H and O–H groups in total. The van der Waals surface area contributed by atoms with E-state index in [4.69, 9.17) is 0 Å². The third kappa shape index (κ3) is 1.82. The van der Waals surface area contributed by atoms with Crippen LogP contribution in [0.2, 0.25) is 0 Å². The molecule has 1 rings (SSSR count). The Bertz CT molecular complexity index is 188. The molecule has 0 aliphatic carbocycles. The molecule has 0 bridgehead atoms. The van der Waals surface area contributed by atoms with Crippen molar-refractivity contribution in [3.63, 3.8) is 0 Å². The second-order valence-corrected chi connectivity index (χ2v) is 4.07. The Hall–Kier alpha value is -0.790. The first kappa shape index (κ1) is 8.31. The molecule has 1 amide bonds. The summed E-state index contributed by atoms with van der Waals surface area (Å²) in [4.78, 5) is 11.3. The number of carbonyl (C=O) groups is 1. The van der Waals surface area contributed by atoms with Crippen molar-refractivity contribution in [2.45, 2.75) is 27.2 Å². The normalized spacial score (nSPS) is 25.0. The van der Waals surface area contributed by atoms with Crippen molar-refractivity contribution in [2.24, 2.45) is 11.3 Å². The second-order valence-electron chi connectivity index (χ2n) is 4.07. The monoisotopic (exact) mass is 153 g/mol. The van der Waals surface area contributed by atoms with Crippen molar-refractivity contribution in [1.82, 2.24) is 5.32 Å². The number of hydrogen-bond donors (Lipinski definition) is 1. The summed E-state index contributed by atoms with van der Waals surface area (Å²) in [5.41, 5.74) is 0.0782. The molecule has 0 fully saturated rings. The third-order valence-electron chi connectivity index (χ3n) is 2.08. The van der Waals surface area contributed by atoms with E-state index in [2.05, 4.69) is 26.1 Å². The lowest BCUT2D eigenvalue weighted by atomic mass is 9.77. The zero-order valence-corrected chi connectivity index (χ0v) is 7.35. The van der Waals surface area contributed by atoms with Crippen LogP contribution in [0.4, 0.5) is 0 Å². The lowest BCUT2D eigenvalue weighted by molar-refractivity contribution is -0.127. The summed E-state index contributed by atoms with van der Waals surface area (Å²) < 4.78 is 0. The molecule has 1 aliphatic heterocycles. The average molecular weight is 153 g/mol. The molecule has 0 saturated heterocycles. The summed E-state index contributed by atoms with van der Waals surface area (Å²) in [6.45, 7) is 6.28. The Labute approximate surface area is 67.7 Å². The van der Waals surface area contributed by atoms with Crippen LogP contribution in [0, 0.1) is 11.3 Å². The van der Waals surface area contributed by atoms with Crippen molar-refractivity contribution in [1.29, 1.82) is 0 Å². The fourth-order valence-corrected chi connectivity index (χ4v) is 1.30. The van der Waals surface area contributed by atoms with Gasteiger partial charge >= 0.3 is 0 Å². The Morgan fingerprint density at radius 3 is 2.55 bits per heavy atom. The summed E-state index contributed by atoms with van der Waals surface area (Å²) in [5, 5.41) is 2.72. The lowest BCUT2D eigenvalue weighted by Gasteiger charge is -2.30. The number of allylic oxidation sites excluding steroid dienone is 1. The molecular formula is C9H15NO. The number of nitrogens with one attached hydrogen (secondary N) is 1. The molecule has 11 heavy (non-hydrogen) atoms. The topological polar surface area (TPSA) is 29.1 Å². The van der Waals surface area contributed by atoms with Crippen LogP contribution < -0.4 is 5.32 Å². The maximum atomic E-state index is 11.3. The maximum absolute atomic E-state index is 11.3. The Balaban J connectivity index is 2.72. The van der Waals surface area contributed by atoms with E-state index in [1.165, 1.54) is 0 Å². The van der Waals surface area contributed by atoms with Crippen molar-refractivity contribution in [2.75, 3.05) is 0 Å². The predicted octanol–water partition coefficient (Wildman–Crippen LogP) is 1.68. The van der Waals surface area contributed by atoms with Crippen LogP contribution >= 0.6 is 0 Å². The predicted molar refractivity (Wildman–Crippen MR) is 44.8 cm³/mol.